The molecule has 2 fully saturated rings. The molecule has 0 spiro atoms. The molecule has 6 heteroatoms. The molecule has 2 saturated heterocycles. The summed E-state index contributed by atoms with van der Waals surface area (Å²) in [7, 11) is 0. The molecule has 2 N–H and O–H groups in total. The fourth-order valence-corrected chi connectivity index (χ4v) is 3.67. The zero-order valence-corrected chi connectivity index (χ0v) is 15.3. The fraction of sp³-hybridized carbons (Fsp3) is 0.600. The van der Waals surface area contributed by atoms with Crippen molar-refractivity contribution in [3.8, 4) is 0 Å². The van der Waals surface area contributed by atoms with E-state index in [0.29, 0.717) is 25.6 Å². The zero-order valence-electron chi connectivity index (χ0n) is 15.3. The van der Waals surface area contributed by atoms with Gasteiger partial charge in [-0.25, -0.2) is 0 Å². The van der Waals surface area contributed by atoms with Crippen LogP contribution in [0.2, 0.25) is 0 Å². The fourth-order valence-electron chi connectivity index (χ4n) is 3.67. The second-order valence-corrected chi connectivity index (χ2v) is 7.22. The van der Waals surface area contributed by atoms with E-state index in [9.17, 15) is 9.59 Å². The lowest BCUT2D eigenvalue weighted by molar-refractivity contribution is -0.134. The van der Waals surface area contributed by atoms with Gasteiger partial charge < -0.3 is 20.3 Å². The van der Waals surface area contributed by atoms with Gasteiger partial charge in [0, 0.05) is 32.1 Å². The second-order valence-electron chi connectivity index (χ2n) is 7.22. The molecule has 0 radical (unpaired) electrons. The van der Waals surface area contributed by atoms with Crippen molar-refractivity contribution in [3.05, 3.63) is 35.9 Å². The lowest BCUT2D eigenvalue weighted by atomic mass is 9.90. The number of carbonyl (C=O) groups excluding carboxylic acids is 2. The Kier molecular flexibility index (Phi) is 7.03. The third-order valence-electron chi connectivity index (χ3n) is 5.20. The van der Waals surface area contributed by atoms with E-state index in [1.165, 1.54) is 5.56 Å². The Morgan fingerprint density at radius 2 is 1.96 bits per heavy atom. The molecule has 1 atom stereocenters. The van der Waals surface area contributed by atoms with Gasteiger partial charge >= 0.3 is 0 Å². The van der Waals surface area contributed by atoms with Crippen LogP contribution in [0.1, 0.15) is 24.8 Å². The summed E-state index contributed by atoms with van der Waals surface area (Å²) in [5, 5.41) is 6.00. The van der Waals surface area contributed by atoms with E-state index in [0.717, 1.165) is 38.9 Å². The number of hydrogen-bond donors (Lipinski definition) is 2. The molecule has 2 heterocycles. The van der Waals surface area contributed by atoms with Crippen molar-refractivity contribution in [2.75, 3.05) is 39.4 Å². The van der Waals surface area contributed by atoms with E-state index in [2.05, 4.69) is 34.9 Å². The minimum atomic E-state index is -0.0969. The van der Waals surface area contributed by atoms with Gasteiger partial charge in [0.1, 0.15) is 0 Å². The van der Waals surface area contributed by atoms with Crippen LogP contribution in [0.15, 0.2) is 30.3 Å². The van der Waals surface area contributed by atoms with Crippen molar-refractivity contribution in [1.82, 2.24) is 15.5 Å². The molecule has 1 aromatic rings. The maximum atomic E-state index is 12.3. The van der Waals surface area contributed by atoms with Gasteiger partial charge in [0.2, 0.25) is 11.8 Å². The maximum absolute atomic E-state index is 12.3. The van der Waals surface area contributed by atoms with Crippen LogP contribution in [0.4, 0.5) is 0 Å². The summed E-state index contributed by atoms with van der Waals surface area (Å²) in [5.74, 6) is 0.554. The molecule has 26 heavy (non-hydrogen) atoms. The summed E-state index contributed by atoms with van der Waals surface area (Å²) in [5.41, 5.74) is 1.37. The number of nitrogens with one attached hydrogen (secondary N) is 2. The average Bonchev–Trinajstić information content (AvgIpc) is 2.68. The van der Waals surface area contributed by atoms with Crippen molar-refractivity contribution in [3.63, 3.8) is 0 Å². The monoisotopic (exact) mass is 359 g/mol. The lowest BCUT2D eigenvalue weighted by Gasteiger charge is -2.32. The van der Waals surface area contributed by atoms with Gasteiger partial charge in [0.25, 0.3) is 0 Å². The van der Waals surface area contributed by atoms with Gasteiger partial charge in [0.15, 0.2) is 0 Å². The summed E-state index contributed by atoms with van der Waals surface area (Å²) in [6.45, 7) is 3.67. The van der Waals surface area contributed by atoms with Gasteiger partial charge in [-0.3, -0.25) is 9.59 Å². The molecule has 2 aliphatic heterocycles. The third-order valence-corrected chi connectivity index (χ3v) is 5.20. The van der Waals surface area contributed by atoms with Crippen molar-refractivity contribution in [1.29, 1.82) is 0 Å². The standard InChI is InChI=1S/C20H29N3O3/c24-19(13-18-15-26-11-8-21-18)22-14-20(25)23-9-6-17(7-10-23)12-16-4-2-1-3-5-16/h1-5,17-18,21H,6-15H2,(H,22,24). The quantitative estimate of drug-likeness (QED) is 0.794. The second kappa shape index (κ2) is 9.69. The molecule has 2 aliphatic rings. The minimum absolute atomic E-state index is 0.0179. The molecular weight excluding hydrogens is 330 g/mol. The van der Waals surface area contributed by atoms with Gasteiger partial charge in [-0.1, -0.05) is 30.3 Å². The lowest BCUT2D eigenvalue weighted by Crippen LogP contribution is -2.47. The van der Waals surface area contributed by atoms with Crippen molar-refractivity contribution >= 4 is 11.8 Å². The molecule has 1 aromatic carbocycles. The minimum Gasteiger partial charge on any atom is -0.378 e. The molecule has 6 nitrogen and oxygen atoms in total. The average molecular weight is 359 g/mol. The highest BCUT2D eigenvalue weighted by atomic mass is 16.5. The molecule has 0 bridgehead atoms. The van der Waals surface area contributed by atoms with Gasteiger partial charge in [0.05, 0.1) is 19.8 Å². The number of ether oxygens (including phenoxy) is 1. The third kappa shape index (κ3) is 5.81. The van der Waals surface area contributed by atoms with Crippen LogP contribution < -0.4 is 10.6 Å². The van der Waals surface area contributed by atoms with E-state index >= 15 is 0 Å². The number of nitrogens with zero attached hydrogens (tertiary/aromatic N) is 1. The Balaban J connectivity index is 1.33. The summed E-state index contributed by atoms with van der Waals surface area (Å²) < 4.78 is 5.34. The van der Waals surface area contributed by atoms with Crippen LogP contribution in [-0.4, -0.2) is 62.1 Å². The highest BCUT2D eigenvalue weighted by Crippen LogP contribution is 2.21. The Labute approximate surface area is 155 Å². The number of amides is 2. The molecule has 3 rings (SSSR count). The largest absolute Gasteiger partial charge is 0.378 e. The van der Waals surface area contributed by atoms with E-state index in [1.807, 2.05) is 11.0 Å². The highest BCUT2D eigenvalue weighted by molar-refractivity contribution is 5.85. The number of piperidine rings is 1. The van der Waals surface area contributed by atoms with Crippen molar-refractivity contribution in [2.24, 2.45) is 5.92 Å². The van der Waals surface area contributed by atoms with E-state index < -0.39 is 0 Å². The molecular formula is C20H29N3O3. The SMILES string of the molecule is O=C(CC1COCCN1)NCC(=O)N1CCC(Cc2ccccc2)CC1. The molecule has 1 unspecified atom stereocenters. The van der Waals surface area contributed by atoms with Crippen LogP contribution in [0.3, 0.4) is 0 Å². The van der Waals surface area contributed by atoms with Gasteiger partial charge in [-0.2, -0.15) is 0 Å². The molecule has 2 amide bonds. The van der Waals surface area contributed by atoms with Crippen molar-refractivity contribution < 1.29 is 14.3 Å². The normalized spacial score (nSPS) is 21.4. The van der Waals surface area contributed by atoms with Crippen LogP contribution in [0.25, 0.3) is 0 Å². The van der Waals surface area contributed by atoms with Crippen LogP contribution in [0, 0.1) is 5.92 Å². The maximum Gasteiger partial charge on any atom is 0.241 e. The number of likely N-dealkylation sites (tertiary alicyclic amines) is 1. The van der Waals surface area contributed by atoms with Gasteiger partial charge in [-0.05, 0) is 30.7 Å². The predicted octanol–water partition coefficient (Wildman–Crippen LogP) is 0.962. The molecule has 0 aromatic heterocycles. The predicted molar refractivity (Wildman–Crippen MR) is 99.7 cm³/mol. The summed E-state index contributed by atoms with van der Waals surface area (Å²) in [6.07, 6.45) is 3.48. The number of benzene rings is 1. The molecule has 0 saturated carbocycles. The number of morpholine rings is 1. The van der Waals surface area contributed by atoms with Crippen LogP contribution in [0.5, 0.6) is 0 Å². The van der Waals surface area contributed by atoms with Crippen LogP contribution >= 0.6 is 0 Å². The Bertz CT molecular complexity index is 579. The Morgan fingerprint density at radius 1 is 1.19 bits per heavy atom. The van der Waals surface area contributed by atoms with Crippen molar-refractivity contribution in [2.45, 2.75) is 31.7 Å². The Morgan fingerprint density at radius 3 is 2.65 bits per heavy atom. The number of rotatable bonds is 6. The Hall–Kier alpha value is -1.92. The summed E-state index contributed by atoms with van der Waals surface area (Å²) >= 11 is 0. The number of hydrogen-bond acceptors (Lipinski definition) is 4. The summed E-state index contributed by atoms with van der Waals surface area (Å²) in [4.78, 5) is 26.2. The molecule has 0 aliphatic carbocycles. The van der Waals surface area contributed by atoms with Gasteiger partial charge in [-0.15, -0.1) is 0 Å². The number of carbonyl (C=O) groups is 2. The first-order chi connectivity index (χ1) is 12.7. The smallest absolute Gasteiger partial charge is 0.241 e. The zero-order chi connectivity index (χ0) is 18.2. The van der Waals surface area contributed by atoms with E-state index in [1.54, 1.807) is 0 Å². The van der Waals surface area contributed by atoms with E-state index in [-0.39, 0.29) is 24.4 Å². The first kappa shape index (κ1) is 18.9. The topological polar surface area (TPSA) is 70.7 Å². The van der Waals surface area contributed by atoms with Crippen LogP contribution in [-0.2, 0) is 20.7 Å². The first-order valence-electron chi connectivity index (χ1n) is 9.60. The first-order valence-corrected chi connectivity index (χ1v) is 9.60. The molecule has 142 valence electrons. The highest BCUT2D eigenvalue weighted by Gasteiger charge is 2.23. The van der Waals surface area contributed by atoms with E-state index in [4.69, 9.17) is 4.74 Å². The summed E-state index contributed by atoms with van der Waals surface area (Å²) in [6, 6.07) is 10.6.